The highest BCUT2D eigenvalue weighted by molar-refractivity contribution is 5.46. The molecule has 0 bridgehead atoms. The number of nitrogens with zero attached hydrogens (tertiary/aromatic N) is 2. The molecule has 0 saturated heterocycles. The van der Waals surface area contributed by atoms with E-state index in [0.717, 1.165) is 12.8 Å². The summed E-state index contributed by atoms with van der Waals surface area (Å²) in [5, 5.41) is 3.00. The van der Waals surface area contributed by atoms with Gasteiger partial charge in [0.1, 0.15) is 11.6 Å². The van der Waals surface area contributed by atoms with Gasteiger partial charge in [-0.2, -0.15) is 13.2 Å². The number of halogens is 3. The Morgan fingerprint density at radius 3 is 2.39 bits per heavy atom. The minimum Gasteiger partial charge on any atom is -0.384 e. The lowest BCUT2D eigenvalue weighted by molar-refractivity contribution is -0.144. The van der Waals surface area contributed by atoms with Crippen molar-refractivity contribution in [3.05, 3.63) is 11.9 Å². The summed E-state index contributed by atoms with van der Waals surface area (Å²) >= 11 is 0. The highest BCUT2D eigenvalue weighted by atomic mass is 19.4. The van der Waals surface area contributed by atoms with Crippen LogP contribution in [-0.4, -0.2) is 15.5 Å². The Kier molecular flexibility index (Phi) is 2.87. The van der Waals surface area contributed by atoms with Crippen LogP contribution < -0.4 is 11.1 Å². The fourth-order valence-corrected chi connectivity index (χ4v) is 1.89. The highest BCUT2D eigenvalue weighted by Crippen LogP contribution is 2.41. The van der Waals surface area contributed by atoms with Gasteiger partial charge in [0, 0.05) is 11.6 Å². The molecule has 1 aliphatic rings. The van der Waals surface area contributed by atoms with Crippen LogP contribution in [0.5, 0.6) is 0 Å². The van der Waals surface area contributed by atoms with Crippen molar-refractivity contribution in [3.8, 4) is 0 Å². The molecule has 0 radical (unpaired) electrons. The largest absolute Gasteiger partial charge is 0.451 e. The molecule has 0 amide bonds. The molecule has 7 heteroatoms. The lowest BCUT2D eigenvalue weighted by Gasteiger charge is -2.27. The van der Waals surface area contributed by atoms with E-state index in [2.05, 4.69) is 15.3 Å². The molecule has 0 aliphatic heterocycles. The number of hydrogen-bond acceptors (Lipinski definition) is 4. The molecule has 4 nitrogen and oxygen atoms in total. The third-order valence-electron chi connectivity index (χ3n) is 3.05. The van der Waals surface area contributed by atoms with Crippen LogP contribution in [0.1, 0.15) is 32.5 Å². The Bertz CT molecular complexity index is 452. The lowest BCUT2D eigenvalue weighted by Crippen LogP contribution is -2.34. The summed E-state index contributed by atoms with van der Waals surface area (Å²) in [5.41, 5.74) is 5.09. The molecule has 1 heterocycles. The fourth-order valence-electron chi connectivity index (χ4n) is 1.89. The maximum Gasteiger partial charge on any atom is 0.451 e. The van der Waals surface area contributed by atoms with Crippen molar-refractivity contribution in [2.24, 2.45) is 5.92 Å². The second kappa shape index (κ2) is 4.00. The average Bonchev–Trinajstić information content (AvgIpc) is 2.96. The minimum atomic E-state index is -4.59. The molecule has 100 valence electrons. The van der Waals surface area contributed by atoms with Gasteiger partial charge in [-0.15, -0.1) is 0 Å². The van der Waals surface area contributed by atoms with Crippen molar-refractivity contribution in [2.75, 3.05) is 11.1 Å². The van der Waals surface area contributed by atoms with E-state index in [0.29, 0.717) is 5.92 Å². The summed E-state index contributed by atoms with van der Waals surface area (Å²) in [4.78, 5) is 6.67. The van der Waals surface area contributed by atoms with Gasteiger partial charge in [0.05, 0.1) is 0 Å². The molecule has 0 aromatic carbocycles. The van der Waals surface area contributed by atoms with E-state index in [4.69, 9.17) is 5.73 Å². The first kappa shape index (κ1) is 12.9. The first-order chi connectivity index (χ1) is 8.18. The van der Waals surface area contributed by atoms with Crippen LogP contribution in [0.25, 0.3) is 0 Å². The predicted octanol–water partition coefficient (Wildman–Crippen LogP) is 2.68. The zero-order valence-electron chi connectivity index (χ0n) is 10.2. The van der Waals surface area contributed by atoms with Gasteiger partial charge in [0.2, 0.25) is 5.82 Å². The molecular weight excluding hydrogens is 245 g/mol. The monoisotopic (exact) mass is 260 g/mol. The smallest absolute Gasteiger partial charge is 0.384 e. The van der Waals surface area contributed by atoms with Crippen LogP contribution in [0.4, 0.5) is 24.8 Å². The molecule has 18 heavy (non-hydrogen) atoms. The molecule has 2 rings (SSSR count). The number of anilines is 2. The zero-order chi connectivity index (χ0) is 13.6. The van der Waals surface area contributed by atoms with E-state index in [9.17, 15) is 13.2 Å². The number of aromatic nitrogens is 2. The number of nitrogens with two attached hydrogens (primary N) is 1. The molecule has 1 aliphatic carbocycles. The van der Waals surface area contributed by atoms with Crippen molar-refractivity contribution in [3.63, 3.8) is 0 Å². The minimum absolute atomic E-state index is 0.117. The number of alkyl halides is 3. The standard InChI is InChI=1S/C11H15F3N4/c1-10(2,6-3-4-6)18-8-5-7(15)16-9(17-8)11(12,13)14/h5-6H,3-4H2,1-2H3,(H3,15,16,17,18). The summed E-state index contributed by atoms with van der Waals surface area (Å²) < 4.78 is 37.6. The average molecular weight is 260 g/mol. The Hall–Kier alpha value is -1.53. The molecule has 0 unspecified atom stereocenters. The van der Waals surface area contributed by atoms with E-state index in [-0.39, 0.29) is 17.2 Å². The van der Waals surface area contributed by atoms with Gasteiger partial charge >= 0.3 is 6.18 Å². The second-order valence-corrected chi connectivity index (χ2v) is 5.12. The predicted molar refractivity (Wildman–Crippen MR) is 61.9 cm³/mol. The zero-order valence-corrected chi connectivity index (χ0v) is 10.2. The van der Waals surface area contributed by atoms with Gasteiger partial charge in [-0.1, -0.05) is 0 Å². The molecule has 0 atom stereocenters. The van der Waals surface area contributed by atoms with Crippen LogP contribution in [0.15, 0.2) is 6.07 Å². The van der Waals surface area contributed by atoms with Gasteiger partial charge in [-0.05, 0) is 32.6 Å². The summed E-state index contributed by atoms with van der Waals surface area (Å²) in [5.74, 6) is -0.822. The summed E-state index contributed by atoms with van der Waals surface area (Å²) in [6, 6.07) is 1.32. The first-order valence-electron chi connectivity index (χ1n) is 5.68. The Morgan fingerprint density at radius 1 is 1.28 bits per heavy atom. The van der Waals surface area contributed by atoms with Crippen molar-refractivity contribution in [1.29, 1.82) is 0 Å². The highest BCUT2D eigenvalue weighted by Gasteiger charge is 2.39. The van der Waals surface area contributed by atoms with Crippen molar-refractivity contribution in [2.45, 2.75) is 38.4 Å². The topological polar surface area (TPSA) is 63.8 Å². The molecular formula is C11H15F3N4. The molecule has 1 aromatic heterocycles. The third-order valence-corrected chi connectivity index (χ3v) is 3.05. The van der Waals surface area contributed by atoms with E-state index in [1.54, 1.807) is 0 Å². The van der Waals surface area contributed by atoms with Gasteiger partial charge < -0.3 is 11.1 Å². The quantitative estimate of drug-likeness (QED) is 0.877. The van der Waals surface area contributed by atoms with Gasteiger partial charge in [0.25, 0.3) is 0 Å². The maximum absolute atomic E-state index is 12.5. The van der Waals surface area contributed by atoms with Crippen molar-refractivity contribution in [1.82, 2.24) is 9.97 Å². The van der Waals surface area contributed by atoms with Gasteiger partial charge in [-0.25, -0.2) is 9.97 Å². The lowest BCUT2D eigenvalue weighted by atomic mass is 9.99. The van der Waals surface area contributed by atoms with Crippen LogP contribution in [0.2, 0.25) is 0 Å². The second-order valence-electron chi connectivity index (χ2n) is 5.12. The van der Waals surface area contributed by atoms with Crippen LogP contribution in [0, 0.1) is 5.92 Å². The third kappa shape index (κ3) is 2.83. The Labute approximate surface area is 103 Å². The Morgan fingerprint density at radius 2 is 1.89 bits per heavy atom. The van der Waals surface area contributed by atoms with E-state index < -0.39 is 12.0 Å². The molecule has 1 aromatic rings. The number of nitrogens with one attached hydrogen (secondary N) is 1. The molecule has 1 fully saturated rings. The van der Waals surface area contributed by atoms with Gasteiger partial charge in [0.15, 0.2) is 0 Å². The van der Waals surface area contributed by atoms with E-state index in [1.807, 2.05) is 13.8 Å². The fraction of sp³-hybridized carbons (Fsp3) is 0.636. The SMILES string of the molecule is CC(C)(Nc1cc(N)nc(C(F)(F)F)n1)C1CC1. The number of rotatable bonds is 3. The molecule has 3 N–H and O–H groups in total. The van der Waals surface area contributed by atoms with E-state index >= 15 is 0 Å². The van der Waals surface area contributed by atoms with E-state index in [1.165, 1.54) is 6.07 Å². The number of nitrogen functional groups attached to an aromatic ring is 1. The molecule has 0 spiro atoms. The Balaban J connectivity index is 2.25. The summed E-state index contributed by atoms with van der Waals surface area (Å²) in [6.07, 6.45) is -2.44. The van der Waals surface area contributed by atoms with Crippen molar-refractivity contribution >= 4 is 11.6 Å². The summed E-state index contributed by atoms with van der Waals surface area (Å²) in [6.45, 7) is 3.88. The van der Waals surface area contributed by atoms with Gasteiger partial charge in [-0.3, -0.25) is 0 Å². The normalized spacial score (nSPS) is 16.7. The van der Waals surface area contributed by atoms with Crippen LogP contribution in [0.3, 0.4) is 0 Å². The number of hydrogen-bond donors (Lipinski definition) is 2. The van der Waals surface area contributed by atoms with Crippen LogP contribution in [-0.2, 0) is 6.18 Å². The van der Waals surface area contributed by atoms with Crippen molar-refractivity contribution < 1.29 is 13.2 Å². The first-order valence-corrected chi connectivity index (χ1v) is 5.68. The van der Waals surface area contributed by atoms with Crippen LogP contribution >= 0.6 is 0 Å². The molecule has 1 saturated carbocycles. The maximum atomic E-state index is 12.5. The summed E-state index contributed by atoms with van der Waals surface area (Å²) in [7, 11) is 0.